The zero-order chi connectivity index (χ0) is 36.5. The minimum Gasteiger partial charge on any atom is -0.379 e. The molecule has 0 radical (unpaired) electrons. The molecule has 1 aliphatic heterocycles. The zero-order valence-corrected chi connectivity index (χ0v) is 35.0. The van der Waals surface area contributed by atoms with Crippen molar-refractivity contribution in [1.82, 2.24) is 10.2 Å². The summed E-state index contributed by atoms with van der Waals surface area (Å²) in [6.07, 6.45) is 46.9. The summed E-state index contributed by atoms with van der Waals surface area (Å²) in [4.78, 5) is 2.87. The van der Waals surface area contributed by atoms with Gasteiger partial charge < -0.3 is 24.3 Å². The molecular weight excluding hydrogens is 645 g/mol. The first-order chi connectivity index (χ1) is 26.0. The van der Waals surface area contributed by atoms with Crippen LogP contribution in [0.5, 0.6) is 0 Å². The predicted molar refractivity (Wildman–Crippen MR) is 224 cm³/mol. The van der Waals surface area contributed by atoms with Gasteiger partial charge in [-0.15, -0.1) is 0 Å². The maximum atomic E-state index is 6.17. The van der Waals surface area contributed by atoms with Crippen molar-refractivity contribution < 1.29 is 18.9 Å². The highest BCUT2D eigenvalue weighted by Crippen LogP contribution is 2.21. The molecule has 0 amide bonds. The van der Waals surface area contributed by atoms with E-state index in [1.54, 1.807) is 0 Å². The van der Waals surface area contributed by atoms with Gasteiger partial charge in [-0.25, -0.2) is 0 Å². The van der Waals surface area contributed by atoms with Gasteiger partial charge in [-0.2, -0.15) is 0 Å². The van der Waals surface area contributed by atoms with Gasteiger partial charge in [0.05, 0.1) is 46.2 Å². The topological polar surface area (TPSA) is 52.2 Å². The van der Waals surface area contributed by atoms with Gasteiger partial charge in [-0.3, -0.25) is 4.90 Å². The van der Waals surface area contributed by atoms with Gasteiger partial charge in [0.25, 0.3) is 0 Å². The molecule has 0 aromatic heterocycles. The second-order valence-corrected chi connectivity index (χ2v) is 16.4. The standard InChI is InChI=1S/C46H92N2O4/c1-2-4-6-8-10-12-14-16-20-24-28-32-46(33-29-25-21-17-15-13-11-9-7-5-3-1)48-36-30-26-22-18-19-23-27-31-38-49-42-43-50-39-34-47-35-40-51-44-45-52-41-37-48/h46-47H,1-45H2. The second kappa shape index (κ2) is 40.4. The molecular formula is C46H92N2O4. The first-order valence-corrected chi connectivity index (χ1v) is 23.7. The molecule has 2 rings (SSSR count). The van der Waals surface area contributed by atoms with E-state index < -0.39 is 0 Å². The Morgan fingerprint density at radius 3 is 0.981 bits per heavy atom. The lowest BCUT2D eigenvalue weighted by Crippen LogP contribution is -2.39. The van der Waals surface area contributed by atoms with Crippen molar-refractivity contribution in [3.8, 4) is 0 Å². The molecule has 1 aliphatic carbocycles. The molecule has 0 atom stereocenters. The summed E-state index contributed by atoms with van der Waals surface area (Å²) in [5, 5.41) is 3.41. The quantitative estimate of drug-likeness (QED) is 0.289. The molecule has 6 nitrogen and oxygen atoms in total. The van der Waals surface area contributed by atoms with Crippen LogP contribution in [-0.4, -0.2) is 90.0 Å². The van der Waals surface area contributed by atoms with E-state index >= 15 is 0 Å². The van der Waals surface area contributed by atoms with Crippen LogP contribution in [0.3, 0.4) is 0 Å². The Morgan fingerprint density at radius 1 is 0.269 bits per heavy atom. The minimum absolute atomic E-state index is 0.680. The fourth-order valence-corrected chi connectivity index (χ4v) is 8.28. The molecule has 1 heterocycles. The molecule has 0 aromatic rings. The van der Waals surface area contributed by atoms with Gasteiger partial charge in [-0.05, 0) is 32.2 Å². The Kier molecular flexibility index (Phi) is 37.2. The average molecular weight is 737 g/mol. The average Bonchev–Trinajstić information content (AvgIpc) is 3.15. The molecule has 6 heteroatoms. The van der Waals surface area contributed by atoms with Gasteiger partial charge >= 0.3 is 0 Å². The maximum absolute atomic E-state index is 6.17. The largest absolute Gasteiger partial charge is 0.379 e. The first kappa shape index (κ1) is 47.9. The molecule has 2 fully saturated rings. The fourth-order valence-electron chi connectivity index (χ4n) is 8.28. The number of rotatable bonds is 1. The highest BCUT2D eigenvalue weighted by atomic mass is 16.5. The van der Waals surface area contributed by atoms with E-state index in [2.05, 4.69) is 10.2 Å². The fraction of sp³-hybridized carbons (Fsp3) is 1.00. The van der Waals surface area contributed by atoms with Crippen LogP contribution in [0.15, 0.2) is 0 Å². The van der Waals surface area contributed by atoms with E-state index in [4.69, 9.17) is 18.9 Å². The molecule has 0 bridgehead atoms. The number of hydrogen-bond acceptors (Lipinski definition) is 6. The van der Waals surface area contributed by atoms with E-state index in [9.17, 15) is 0 Å². The molecule has 0 aromatic carbocycles. The van der Waals surface area contributed by atoms with Crippen molar-refractivity contribution in [3.05, 3.63) is 0 Å². The van der Waals surface area contributed by atoms with Gasteiger partial charge in [-0.1, -0.05) is 186 Å². The predicted octanol–water partition coefficient (Wildman–Crippen LogP) is 12.2. The van der Waals surface area contributed by atoms with Crippen LogP contribution in [0.4, 0.5) is 0 Å². The summed E-state index contributed by atoms with van der Waals surface area (Å²) >= 11 is 0. The summed E-state index contributed by atoms with van der Waals surface area (Å²) in [6, 6.07) is 0.725. The number of hydrogen-bond donors (Lipinski definition) is 1. The van der Waals surface area contributed by atoms with Crippen molar-refractivity contribution in [2.75, 3.05) is 79.0 Å². The molecule has 1 saturated carbocycles. The van der Waals surface area contributed by atoms with E-state index in [-0.39, 0.29) is 0 Å². The lowest BCUT2D eigenvalue weighted by atomic mass is 9.97. The summed E-state index contributed by atoms with van der Waals surface area (Å²) in [5.74, 6) is 0. The lowest BCUT2D eigenvalue weighted by Gasteiger charge is -2.32. The summed E-state index contributed by atoms with van der Waals surface area (Å²) in [5.41, 5.74) is 0. The van der Waals surface area contributed by atoms with E-state index in [1.807, 2.05) is 0 Å². The number of ether oxygens (including phenoxy) is 4. The highest BCUT2D eigenvalue weighted by molar-refractivity contribution is 4.73. The van der Waals surface area contributed by atoms with E-state index in [1.165, 1.54) is 218 Å². The summed E-state index contributed by atoms with van der Waals surface area (Å²) in [7, 11) is 0. The maximum Gasteiger partial charge on any atom is 0.0701 e. The molecule has 310 valence electrons. The summed E-state index contributed by atoms with van der Waals surface area (Å²) in [6.45, 7) is 9.97. The monoisotopic (exact) mass is 737 g/mol. The first-order valence-electron chi connectivity index (χ1n) is 23.7. The van der Waals surface area contributed by atoms with Crippen LogP contribution >= 0.6 is 0 Å². The van der Waals surface area contributed by atoms with Crippen LogP contribution in [-0.2, 0) is 18.9 Å². The molecule has 52 heavy (non-hydrogen) atoms. The smallest absolute Gasteiger partial charge is 0.0701 e. The van der Waals surface area contributed by atoms with Crippen molar-refractivity contribution in [2.45, 2.75) is 218 Å². The van der Waals surface area contributed by atoms with Gasteiger partial charge in [0, 0.05) is 32.3 Å². The van der Waals surface area contributed by atoms with Crippen LogP contribution in [0, 0.1) is 0 Å². The second-order valence-electron chi connectivity index (χ2n) is 16.4. The molecule has 2 aliphatic rings. The molecule has 0 spiro atoms. The SMILES string of the molecule is C1CCCCCCCCCCCCC(N2CCCCCCCCCCOCCOCCNCCOCCOCC2)CCCCCCCCCCCC1. The zero-order valence-electron chi connectivity index (χ0n) is 35.0. The van der Waals surface area contributed by atoms with Crippen molar-refractivity contribution >= 4 is 0 Å². The molecule has 1 saturated heterocycles. The van der Waals surface area contributed by atoms with Crippen LogP contribution in [0.2, 0.25) is 0 Å². The van der Waals surface area contributed by atoms with Crippen LogP contribution in [0.1, 0.15) is 212 Å². The van der Waals surface area contributed by atoms with Crippen molar-refractivity contribution in [2.24, 2.45) is 0 Å². The van der Waals surface area contributed by atoms with E-state index in [0.717, 1.165) is 52.1 Å². The Hall–Kier alpha value is -0.240. The normalized spacial score (nSPS) is 25.2. The number of nitrogens with zero attached hydrogens (tertiary/aromatic N) is 1. The summed E-state index contributed by atoms with van der Waals surface area (Å²) < 4.78 is 23.5. The van der Waals surface area contributed by atoms with Gasteiger partial charge in [0.2, 0.25) is 0 Å². The van der Waals surface area contributed by atoms with Crippen molar-refractivity contribution in [1.29, 1.82) is 0 Å². The molecule has 0 unspecified atom stereocenters. The third-order valence-corrected chi connectivity index (χ3v) is 11.7. The van der Waals surface area contributed by atoms with E-state index in [0.29, 0.717) is 26.4 Å². The molecule has 1 N–H and O–H groups in total. The van der Waals surface area contributed by atoms with Gasteiger partial charge in [0.15, 0.2) is 0 Å². The Morgan fingerprint density at radius 2 is 0.577 bits per heavy atom. The third kappa shape index (κ3) is 33.1. The lowest BCUT2D eigenvalue weighted by molar-refractivity contribution is 0.0306. The number of nitrogens with one attached hydrogen (secondary N) is 1. The Bertz CT molecular complexity index is 575. The minimum atomic E-state index is 0.680. The van der Waals surface area contributed by atoms with Crippen LogP contribution < -0.4 is 5.32 Å². The highest BCUT2D eigenvalue weighted by Gasteiger charge is 2.18. The van der Waals surface area contributed by atoms with Gasteiger partial charge in [0.1, 0.15) is 0 Å². The third-order valence-electron chi connectivity index (χ3n) is 11.7. The Balaban J connectivity index is 1.83. The Labute approximate surface area is 325 Å². The van der Waals surface area contributed by atoms with Crippen LogP contribution in [0.25, 0.3) is 0 Å². The van der Waals surface area contributed by atoms with Crippen molar-refractivity contribution in [3.63, 3.8) is 0 Å².